The molecule has 0 radical (unpaired) electrons. The molecule has 2 aliphatic heterocycles. The quantitative estimate of drug-likeness (QED) is 0.235. The van der Waals surface area contributed by atoms with Crippen molar-refractivity contribution in [1.82, 2.24) is 24.4 Å². The number of β-amino-alcohol motifs (C(OH)–C–C–N with tert-alkyl or cyclic N) is 1. The van der Waals surface area contributed by atoms with Gasteiger partial charge in [0.25, 0.3) is 0 Å². The van der Waals surface area contributed by atoms with E-state index in [1.165, 1.54) is 10.8 Å². The summed E-state index contributed by atoms with van der Waals surface area (Å²) < 4.78 is 32.2. The van der Waals surface area contributed by atoms with E-state index in [4.69, 9.17) is 0 Å². The van der Waals surface area contributed by atoms with Gasteiger partial charge in [-0.25, -0.2) is 23.5 Å². The minimum Gasteiger partial charge on any atom is -0.477 e. The van der Waals surface area contributed by atoms with Gasteiger partial charge in [-0.1, -0.05) is 0 Å². The molecule has 1 aromatic carbocycles. The monoisotopic (exact) mass is 589 g/mol. The van der Waals surface area contributed by atoms with Crippen LogP contribution in [0.1, 0.15) is 16.8 Å². The summed E-state index contributed by atoms with van der Waals surface area (Å²) in [6.07, 6.45) is 5.32. The van der Waals surface area contributed by atoms with E-state index < -0.39 is 23.0 Å². The third kappa shape index (κ3) is 4.06. The molecule has 2 saturated heterocycles. The molecular formula is C30H29F2N7O4. The fraction of sp³-hybridized carbons (Fsp3) is 0.333. The van der Waals surface area contributed by atoms with Crippen LogP contribution >= 0.6 is 0 Å². The van der Waals surface area contributed by atoms with Gasteiger partial charge < -0.3 is 30.0 Å². The average molecular weight is 590 g/mol. The maximum absolute atomic E-state index is 15.7. The van der Waals surface area contributed by atoms with E-state index in [0.29, 0.717) is 70.3 Å². The number of fused-ring (bicyclic) bond motifs is 5. The number of H-pyrrole nitrogens is 1. The first-order chi connectivity index (χ1) is 20.7. The van der Waals surface area contributed by atoms with Crippen LogP contribution in [0.15, 0.2) is 35.5 Å². The number of anilines is 2. The van der Waals surface area contributed by atoms with Crippen LogP contribution < -0.4 is 15.6 Å². The maximum Gasteiger partial charge on any atom is 0.341 e. The highest BCUT2D eigenvalue weighted by molar-refractivity contribution is 6.18. The number of aliphatic hydroxyl groups is 1. The van der Waals surface area contributed by atoms with Crippen LogP contribution in [0.4, 0.5) is 20.2 Å². The number of aromatic amines is 1. The van der Waals surface area contributed by atoms with Gasteiger partial charge >= 0.3 is 5.97 Å². The van der Waals surface area contributed by atoms with Crippen molar-refractivity contribution in [3.63, 3.8) is 0 Å². The smallest absolute Gasteiger partial charge is 0.341 e. The van der Waals surface area contributed by atoms with Gasteiger partial charge in [0.15, 0.2) is 11.6 Å². The van der Waals surface area contributed by atoms with E-state index in [1.807, 2.05) is 0 Å². The van der Waals surface area contributed by atoms with E-state index in [9.17, 15) is 24.2 Å². The largest absolute Gasteiger partial charge is 0.477 e. The molecule has 43 heavy (non-hydrogen) atoms. The number of carbonyl (C=O) groups is 1. The van der Waals surface area contributed by atoms with Gasteiger partial charge in [0, 0.05) is 82.1 Å². The fourth-order valence-electron chi connectivity index (χ4n) is 6.96. The first-order valence-corrected chi connectivity index (χ1v) is 14.0. The van der Waals surface area contributed by atoms with Crippen molar-refractivity contribution in [2.75, 3.05) is 50.1 Å². The summed E-state index contributed by atoms with van der Waals surface area (Å²) in [4.78, 5) is 41.7. The number of aryl methyl sites for hydroxylation is 1. The minimum atomic E-state index is -1.34. The number of carboxylic acids is 1. The molecule has 0 bridgehead atoms. The first kappa shape index (κ1) is 27.2. The highest BCUT2D eigenvalue weighted by atomic mass is 19.2. The van der Waals surface area contributed by atoms with Crippen molar-refractivity contribution in [3.05, 3.63) is 58.1 Å². The van der Waals surface area contributed by atoms with E-state index in [1.54, 1.807) is 32.6 Å². The summed E-state index contributed by atoms with van der Waals surface area (Å²) >= 11 is 0. The van der Waals surface area contributed by atoms with Gasteiger partial charge in [-0.2, -0.15) is 0 Å². The van der Waals surface area contributed by atoms with E-state index in [2.05, 4.69) is 30.1 Å². The molecule has 7 rings (SSSR count). The van der Waals surface area contributed by atoms with Crippen molar-refractivity contribution in [2.45, 2.75) is 12.5 Å². The SMILES string of the molecule is CNc1cc(F)c(F)c2c1[nH]c1ncc(-c3cnc4c(c3)c(=O)c(C(=O)O)cn4C)c(N3CC[C@H]4CN(CCO)CC43)c12. The predicted octanol–water partition coefficient (Wildman–Crippen LogP) is 3.15. The lowest BCUT2D eigenvalue weighted by molar-refractivity contribution is 0.0695. The number of nitrogens with one attached hydrogen (secondary N) is 2. The zero-order chi connectivity index (χ0) is 30.2. The Hall–Kier alpha value is -4.62. The van der Waals surface area contributed by atoms with Gasteiger partial charge in [-0.3, -0.25) is 9.69 Å². The Morgan fingerprint density at radius 3 is 2.74 bits per heavy atom. The van der Waals surface area contributed by atoms with Gasteiger partial charge in [-0.05, 0) is 18.4 Å². The van der Waals surface area contributed by atoms with E-state index in [0.717, 1.165) is 19.0 Å². The van der Waals surface area contributed by atoms with Crippen LogP contribution in [-0.2, 0) is 7.05 Å². The van der Waals surface area contributed by atoms with Crippen molar-refractivity contribution in [1.29, 1.82) is 0 Å². The number of likely N-dealkylation sites (tertiary alicyclic amines) is 1. The molecule has 0 saturated carbocycles. The molecule has 13 heteroatoms. The molecule has 2 aliphatic rings. The number of aliphatic hydroxyl groups excluding tert-OH is 1. The highest BCUT2D eigenvalue weighted by Gasteiger charge is 2.43. The number of carboxylic acid groups (broad SMARTS) is 1. The second kappa shape index (κ2) is 9.99. The Morgan fingerprint density at radius 1 is 1.19 bits per heavy atom. The first-order valence-electron chi connectivity index (χ1n) is 14.0. The number of nitrogens with zero attached hydrogens (tertiary/aromatic N) is 5. The number of hydrogen-bond acceptors (Lipinski definition) is 8. The number of halogens is 2. The molecule has 2 fully saturated rings. The number of benzene rings is 1. The normalized spacial score (nSPS) is 18.8. The van der Waals surface area contributed by atoms with Crippen LogP contribution in [-0.4, -0.2) is 86.5 Å². The highest BCUT2D eigenvalue weighted by Crippen LogP contribution is 2.47. The average Bonchev–Trinajstić information content (AvgIpc) is 3.69. The summed E-state index contributed by atoms with van der Waals surface area (Å²) in [5.41, 5.74) is 2.08. The summed E-state index contributed by atoms with van der Waals surface area (Å²) in [6.45, 7) is 2.75. The Kier molecular flexibility index (Phi) is 6.32. The molecule has 0 aliphatic carbocycles. The van der Waals surface area contributed by atoms with Crippen LogP contribution in [0.5, 0.6) is 0 Å². The fourth-order valence-corrected chi connectivity index (χ4v) is 6.96. The number of hydrogen-bond donors (Lipinski definition) is 4. The van der Waals surface area contributed by atoms with Gasteiger partial charge in [-0.15, -0.1) is 0 Å². The second-order valence-electron chi connectivity index (χ2n) is 11.3. The molecule has 2 atom stereocenters. The van der Waals surface area contributed by atoms with Crippen molar-refractivity contribution in [3.8, 4) is 11.1 Å². The lowest BCUT2D eigenvalue weighted by atomic mass is 9.99. The number of aromatic carboxylic acids is 1. The molecule has 222 valence electrons. The lowest BCUT2D eigenvalue weighted by Crippen LogP contribution is -2.36. The lowest BCUT2D eigenvalue weighted by Gasteiger charge is -2.30. The summed E-state index contributed by atoms with van der Waals surface area (Å²) in [5.74, 6) is -3.03. The van der Waals surface area contributed by atoms with Gasteiger partial charge in [0.2, 0.25) is 5.43 Å². The standard InChI is InChI=1S/C30H29F2N7O4/c1-33-20-8-19(31)24(32)22-23-26(39-4-3-14-11-38(5-6-40)13-21(14)39)17(10-34-28(23)36-25(20)22)15-7-16-27(41)18(30(42)43)12-37(2)29(16)35-9-15/h7-10,12,14,21,33,40H,3-6,11,13H2,1-2H3,(H,34,36)(H,42,43)/t14-,21?/m0/s1. The van der Waals surface area contributed by atoms with Crippen LogP contribution in [0, 0.1) is 17.6 Å². The summed E-state index contributed by atoms with van der Waals surface area (Å²) in [5, 5.41) is 22.7. The molecule has 0 spiro atoms. The minimum absolute atomic E-state index is 0.0416. The molecule has 6 heterocycles. The molecule has 1 unspecified atom stereocenters. The van der Waals surface area contributed by atoms with Crippen molar-refractivity contribution in [2.24, 2.45) is 13.0 Å². The molecule has 0 amide bonds. The Bertz CT molecular complexity index is 2020. The molecular weight excluding hydrogens is 560 g/mol. The number of aromatic nitrogens is 4. The predicted molar refractivity (Wildman–Crippen MR) is 159 cm³/mol. The molecule has 4 N–H and O–H groups in total. The van der Waals surface area contributed by atoms with Gasteiger partial charge in [0.1, 0.15) is 16.9 Å². The summed E-state index contributed by atoms with van der Waals surface area (Å²) in [6, 6.07) is 2.74. The molecule has 11 nitrogen and oxygen atoms in total. The van der Waals surface area contributed by atoms with Crippen LogP contribution in [0.25, 0.3) is 44.1 Å². The van der Waals surface area contributed by atoms with Crippen LogP contribution in [0.2, 0.25) is 0 Å². The zero-order valence-corrected chi connectivity index (χ0v) is 23.5. The van der Waals surface area contributed by atoms with E-state index in [-0.39, 0.29) is 29.0 Å². The second-order valence-corrected chi connectivity index (χ2v) is 11.3. The van der Waals surface area contributed by atoms with E-state index >= 15 is 4.39 Å². The Labute approximate surface area is 243 Å². The molecule has 4 aromatic heterocycles. The third-order valence-electron chi connectivity index (χ3n) is 8.91. The topological polar surface area (TPSA) is 140 Å². The Morgan fingerprint density at radius 2 is 2.00 bits per heavy atom. The Balaban J connectivity index is 1.54. The maximum atomic E-state index is 15.7. The third-order valence-corrected chi connectivity index (χ3v) is 8.91. The van der Waals surface area contributed by atoms with Gasteiger partial charge in [0.05, 0.1) is 39.7 Å². The zero-order valence-electron chi connectivity index (χ0n) is 23.5. The van der Waals surface area contributed by atoms with Crippen molar-refractivity contribution >= 4 is 50.3 Å². The number of rotatable bonds is 6. The molecule has 5 aromatic rings. The number of pyridine rings is 3. The summed E-state index contributed by atoms with van der Waals surface area (Å²) in [7, 11) is 3.24. The van der Waals surface area contributed by atoms with Crippen LogP contribution in [0.3, 0.4) is 0 Å². The van der Waals surface area contributed by atoms with Crippen molar-refractivity contribution < 1.29 is 23.8 Å².